The molecule has 1 atom stereocenters. The molecule has 1 fully saturated rings. The molecule has 0 spiro atoms. The van der Waals surface area contributed by atoms with Crippen molar-refractivity contribution in [3.63, 3.8) is 0 Å². The first-order chi connectivity index (χ1) is 14.1. The number of benzene rings is 2. The molecule has 1 amide bonds. The number of nitrogens with zero attached hydrogens (tertiary/aromatic N) is 5. The van der Waals surface area contributed by atoms with Crippen LogP contribution in [0.3, 0.4) is 0 Å². The molecule has 0 radical (unpaired) electrons. The summed E-state index contributed by atoms with van der Waals surface area (Å²) in [7, 11) is 0. The van der Waals surface area contributed by atoms with Gasteiger partial charge in [0.2, 0.25) is 5.91 Å². The number of hydrogen-bond acceptors (Lipinski definition) is 5. The molecule has 1 aromatic heterocycles. The van der Waals surface area contributed by atoms with Crippen LogP contribution in [-0.4, -0.2) is 57.0 Å². The van der Waals surface area contributed by atoms with Crippen LogP contribution in [0.4, 0.5) is 5.69 Å². The molecule has 0 unspecified atom stereocenters. The Morgan fingerprint density at radius 2 is 1.48 bits per heavy atom. The quantitative estimate of drug-likeness (QED) is 0.607. The summed E-state index contributed by atoms with van der Waals surface area (Å²) in [5, 5.41) is 9.06. The highest BCUT2D eigenvalue weighted by molar-refractivity contribution is 8.00. The highest BCUT2D eigenvalue weighted by Crippen LogP contribution is 2.27. The molecule has 1 saturated heterocycles. The molecule has 0 N–H and O–H groups in total. The SMILES string of the molecule is Cc1nnc(S[C@H](C)C(=O)N2CCN(c3ccccc3)CC2)n1-c1ccccc1. The number of anilines is 1. The van der Waals surface area contributed by atoms with Crippen molar-refractivity contribution in [3.8, 4) is 5.69 Å². The summed E-state index contributed by atoms with van der Waals surface area (Å²) in [6.45, 7) is 7.07. The minimum atomic E-state index is -0.218. The van der Waals surface area contributed by atoms with Gasteiger partial charge < -0.3 is 9.80 Å². The molecule has 150 valence electrons. The summed E-state index contributed by atoms with van der Waals surface area (Å²) >= 11 is 1.47. The largest absolute Gasteiger partial charge is 0.368 e. The normalized spacial score (nSPS) is 15.4. The molecule has 6 nitrogen and oxygen atoms in total. The van der Waals surface area contributed by atoms with E-state index in [9.17, 15) is 4.79 Å². The van der Waals surface area contributed by atoms with Crippen LogP contribution in [0.1, 0.15) is 12.7 Å². The number of thioether (sulfide) groups is 1. The molecule has 0 saturated carbocycles. The summed E-state index contributed by atoms with van der Waals surface area (Å²) in [6.07, 6.45) is 0. The molecule has 4 rings (SSSR count). The lowest BCUT2D eigenvalue weighted by Crippen LogP contribution is -2.50. The van der Waals surface area contributed by atoms with Gasteiger partial charge in [0.1, 0.15) is 5.82 Å². The third-order valence-corrected chi connectivity index (χ3v) is 6.18. The van der Waals surface area contributed by atoms with E-state index in [4.69, 9.17) is 0 Å². The number of amides is 1. The summed E-state index contributed by atoms with van der Waals surface area (Å²) in [5.41, 5.74) is 2.22. The number of piperazine rings is 1. The van der Waals surface area contributed by atoms with Crippen molar-refractivity contribution >= 4 is 23.4 Å². The number of rotatable bonds is 5. The first-order valence-electron chi connectivity index (χ1n) is 9.86. The number of carbonyl (C=O) groups is 1. The van der Waals surface area contributed by atoms with E-state index < -0.39 is 0 Å². The third kappa shape index (κ3) is 4.29. The molecular weight excluding hydrogens is 382 g/mol. The molecule has 29 heavy (non-hydrogen) atoms. The minimum Gasteiger partial charge on any atom is -0.368 e. The zero-order chi connectivity index (χ0) is 20.2. The second-order valence-electron chi connectivity index (χ2n) is 7.11. The maximum absolute atomic E-state index is 13.0. The lowest BCUT2D eigenvalue weighted by molar-refractivity contribution is -0.130. The predicted molar refractivity (Wildman–Crippen MR) is 117 cm³/mol. The Balaban J connectivity index is 1.40. The third-order valence-electron chi connectivity index (χ3n) is 5.15. The molecule has 7 heteroatoms. The van der Waals surface area contributed by atoms with Gasteiger partial charge in [-0.25, -0.2) is 0 Å². The molecular formula is C22H25N5OS. The van der Waals surface area contributed by atoms with Crippen molar-refractivity contribution in [2.24, 2.45) is 0 Å². The van der Waals surface area contributed by atoms with E-state index in [2.05, 4.69) is 39.4 Å². The Morgan fingerprint density at radius 1 is 0.897 bits per heavy atom. The van der Waals surface area contributed by atoms with Crippen LogP contribution in [-0.2, 0) is 4.79 Å². The first-order valence-corrected chi connectivity index (χ1v) is 10.7. The molecule has 2 heterocycles. The highest BCUT2D eigenvalue weighted by Gasteiger charge is 2.27. The van der Waals surface area contributed by atoms with Crippen molar-refractivity contribution in [1.82, 2.24) is 19.7 Å². The molecule has 1 aliphatic rings. The monoisotopic (exact) mass is 407 g/mol. The van der Waals surface area contributed by atoms with Crippen molar-refractivity contribution in [2.75, 3.05) is 31.1 Å². The van der Waals surface area contributed by atoms with Crippen molar-refractivity contribution in [1.29, 1.82) is 0 Å². The van der Waals surface area contributed by atoms with Crippen molar-refractivity contribution in [3.05, 3.63) is 66.5 Å². The fourth-order valence-electron chi connectivity index (χ4n) is 3.58. The Labute approximate surface area is 175 Å². The van der Waals surface area contributed by atoms with Crippen LogP contribution in [0.2, 0.25) is 0 Å². The predicted octanol–water partition coefficient (Wildman–Crippen LogP) is 3.41. The van der Waals surface area contributed by atoms with E-state index in [1.54, 1.807) is 0 Å². The lowest BCUT2D eigenvalue weighted by Gasteiger charge is -2.37. The van der Waals surface area contributed by atoms with Gasteiger partial charge in [-0.15, -0.1) is 10.2 Å². The van der Waals surface area contributed by atoms with Crippen molar-refractivity contribution in [2.45, 2.75) is 24.3 Å². The van der Waals surface area contributed by atoms with Crippen LogP contribution < -0.4 is 4.90 Å². The maximum atomic E-state index is 13.0. The first kappa shape index (κ1) is 19.5. The fraction of sp³-hybridized carbons (Fsp3) is 0.318. The van der Waals surface area contributed by atoms with Gasteiger partial charge in [0.15, 0.2) is 5.16 Å². The van der Waals surface area contributed by atoms with Gasteiger partial charge in [0.05, 0.1) is 5.25 Å². The van der Waals surface area contributed by atoms with Gasteiger partial charge in [-0.2, -0.15) is 0 Å². The van der Waals surface area contributed by atoms with E-state index in [1.807, 2.05) is 59.7 Å². The Hall–Kier alpha value is -2.80. The minimum absolute atomic E-state index is 0.156. The van der Waals surface area contributed by atoms with E-state index >= 15 is 0 Å². The maximum Gasteiger partial charge on any atom is 0.236 e. The van der Waals surface area contributed by atoms with Gasteiger partial charge in [-0.1, -0.05) is 48.2 Å². The lowest BCUT2D eigenvalue weighted by atomic mass is 10.2. The summed E-state index contributed by atoms with van der Waals surface area (Å²) in [6, 6.07) is 20.4. The Kier molecular flexibility index (Phi) is 5.85. The van der Waals surface area contributed by atoms with Gasteiger partial charge in [0, 0.05) is 37.6 Å². The average molecular weight is 408 g/mol. The number of para-hydroxylation sites is 2. The van der Waals surface area contributed by atoms with Gasteiger partial charge in [-0.3, -0.25) is 9.36 Å². The van der Waals surface area contributed by atoms with E-state index in [-0.39, 0.29) is 11.2 Å². The topological polar surface area (TPSA) is 54.3 Å². The van der Waals surface area contributed by atoms with Gasteiger partial charge in [-0.05, 0) is 38.1 Å². The fourth-order valence-corrected chi connectivity index (χ4v) is 4.58. The standard InChI is InChI=1S/C22H25N5OS/c1-17(29-22-24-23-18(2)27(22)20-11-7-4-8-12-20)21(28)26-15-13-25(14-16-26)19-9-5-3-6-10-19/h3-12,17H,13-16H2,1-2H3/t17-/m1/s1. The van der Waals surface area contributed by atoms with Crippen molar-refractivity contribution < 1.29 is 4.79 Å². The van der Waals surface area contributed by atoms with E-state index in [1.165, 1.54) is 17.4 Å². The van der Waals surface area contributed by atoms with Crippen LogP contribution in [0.5, 0.6) is 0 Å². The molecule has 0 aliphatic carbocycles. The zero-order valence-corrected chi connectivity index (χ0v) is 17.5. The second kappa shape index (κ2) is 8.69. The molecule has 3 aromatic rings. The Bertz CT molecular complexity index is 952. The number of aromatic nitrogens is 3. The van der Waals surface area contributed by atoms with Crippen LogP contribution >= 0.6 is 11.8 Å². The van der Waals surface area contributed by atoms with Crippen LogP contribution in [0, 0.1) is 6.92 Å². The van der Waals surface area contributed by atoms with E-state index in [0.29, 0.717) is 0 Å². The number of aryl methyl sites for hydroxylation is 1. The molecule has 0 bridgehead atoms. The summed E-state index contributed by atoms with van der Waals surface area (Å²) in [4.78, 5) is 17.3. The van der Waals surface area contributed by atoms with Crippen LogP contribution in [0.25, 0.3) is 5.69 Å². The average Bonchev–Trinajstić information content (AvgIpc) is 3.14. The Morgan fingerprint density at radius 3 is 2.10 bits per heavy atom. The van der Waals surface area contributed by atoms with E-state index in [0.717, 1.165) is 42.8 Å². The highest BCUT2D eigenvalue weighted by atomic mass is 32.2. The molecule has 1 aliphatic heterocycles. The second-order valence-corrected chi connectivity index (χ2v) is 8.42. The molecule has 2 aromatic carbocycles. The number of hydrogen-bond donors (Lipinski definition) is 0. The van der Waals surface area contributed by atoms with Gasteiger partial charge in [0.25, 0.3) is 0 Å². The zero-order valence-electron chi connectivity index (χ0n) is 16.7. The smallest absolute Gasteiger partial charge is 0.236 e. The van der Waals surface area contributed by atoms with Gasteiger partial charge >= 0.3 is 0 Å². The van der Waals surface area contributed by atoms with Crippen LogP contribution in [0.15, 0.2) is 65.8 Å². The summed E-state index contributed by atoms with van der Waals surface area (Å²) in [5.74, 6) is 0.970. The number of carbonyl (C=O) groups excluding carboxylic acids is 1. The summed E-state index contributed by atoms with van der Waals surface area (Å²) < 4.78 is 2.00.